The van der Waals surface area contributed by atoms with Crippen LogP contribution in [0.2, 0.25) is 0 Å². The molecule has 2 aromatic rings. The number of dihydropyridines is 1. The first-order valence-electron chi connectivity index (χ1n) is 11.2. The van der Waals surface area contributed by atoms with Crippen molar-refractivity contribution in [2.45, 2.75) is 33.7 Å². The van der Waals surface area contributed by atoms with Gasteiger partial charge in [0.25, 0.3) is 36.4 Å². The van der Waals surface area contributed by atoms with E-state index in [1.807, 2.05) is 0 Å². The molecule has 0 amide bonds. The monoisotopic (exact) mass is 654 g/mol. The molecule has 1 radical (unpaired) electrons. The Morgan fingerprint density at radius 3 is 2.05 bits per heavy atom. The Kier molecular flexibility index (Phi) is 9.33. The number of allylic oxidation sites excluding steroid dienone is 2. The summed E-state index contributed by atoms with van der Waals surface area (Å²) in [5.74, 6) is -0.146. The zero-order chi connectivity index (χ0) is 30.7. The summed E-state index contributed by atoms with van der Waals surface area (Å²) in [6, 6.07) is 0.704. The van der Waals surface area contributed by atoms with Crippen LogP contribution in [0, 0.1) is 10.1 Å². The third-order valence-electron chi connectivity index (χ3n) is 6.11. The average Bonchev–Trinajstić information content (AvgIpc) is 2.85. The largest absolute Gasteiger partial charge is 0.495 e. The molecule has 0 spiro atoms. The maximum atomic E-state index is 12.4. The zero-order valence-corrected chi connectivity index (χ0v) is 26.6. The summed E-state index contributed by atoms with van der Waals surface area (Å²) >= 11 is 0. The zero-order valence-electron chi connectivity index (χ0n) is 22.2. The van der Waals surface area contributed by atoms with Gasteiger partial charge in [-0.2, -0.15) is 25.3 Å². The molecule has 4 N–H and O–H groups in total. The summed E-state index contributed by atoms with van der Waals surface area (Å²) in [5.41, 5.74) is -0.00488. The Hall–Kier alpha value is -2.88. The minimum atomic E-state index is -5.31. The van der Waals surface area contributed by atoms with E-state index in [0.717, 1.165) is 12.1 Å². The van der Waals surface area contributed by atoms with Crippen LogP contribution in [0.1, 0.15) is 6.92 Å². The second kappa shape index (κ2) is 11.7. The summed E-state index contributed by atoms with van der Waals surface area (Å²) in [6.45, 7) is 1.65. The molecular formula is C22H21N3NaO13S3. The van der Waals surface area contributed by atoms with Crippen molar-refractivity contribution in [3.63, 3.8) is 0 Å². The SMILES string of the molecule is COC1=CC([N+](=O)[O-])C(OC)=C2C(Nc3ccc(S(=O)(=O)O)c4cc(S(=O)(=O)O)cc(S(=O)(=O)O)c34)=CC(C)N=C12.[Na]. The number of anilines is 1. The topological polar surface area (TPSA) is 249 Å². The fraction of sp³-hybridized carbons (Fsp3) is 0.227. The molecule has 0 aromatic heterocycles. The molecule has 4 rings (SSSR count). The first-order valence-corrected chi connectivity index (χ1v) is 15.5. The Morgan fingerprint density at radius 1 is 0.929 bits per heavy atom. The number of hydrogen-bond donors (Lipinski definition) is 4. The number of fused-ring (bicyclic) bond motifs is 2. The van der Waals surface area contributed by atoms with Crippen LogP contribution in [0.5, 0.6) is 0 Å². The van der Waals surface area contributed by atoms with E-state index in [-0.39, 0.29) is 63.7 Å². The number of methoxy groups -OCH3 is 2. The molecule has 0 bridgehead atoms. The number of hydrogen-bond acceptors (Lipinski definition) is 12. The molecule has 221 valence electrons. The molecule has 1 heterocycles. The van der Waals surface area contributed by atoms with Gasteiger partial charge < -0.3 is 14.8 Å². The molecule has 0 fully saturated rings. The van der Waals surface area contributed by atoms with Gasteiger partial charge in [0.2, 0.25) is 0 Å². The molecule has 16 nitrogen and oxygen atoms in total. The van der Waals surface area contributed by atoms with Gasteiger partial charge in [-0.25, -0.2) is 0 Å². The van der Waals surface area contributed by atoms with Gasteiger partial charge in [0.05, 0.1) is 30.7 Å². The molecule has 2 aromatic carbocycles. The number of nitro groups is 1. The van der Waals surface area contributed by atoms with Crippen LogP contribution >= 0.6 is 0 Å². The molecule has 20 heteroatoms. The van der Waals surface area contributed by atoms with Gasteiger partial charge >= 0.3 is 0 Å². The van der Waals surface area contributed by atoms with Gasteiger partial charge in [0.1, 0.15) is 21.3 Å². The number of nitrogens with one attached hydrogen (secondary N) is 1. The second-order valence-electron chi connectivity index (χ2n) is 8.71. The van der Waals surface area contributed by atoms with E-state index in [1.54, 1.807) is 6.92 Å². The van der Waals surface area contributed by atoms with Gasteiger partial charge in [0.15, 0.2) is 5.76 Å². The average molecular weight is 655 g/mol. The molecule has 1 aliphatic heterocycles. The van der Waals surface area contributed by atoms with Crippen LogP contribution in [-0.2, 0) is 39.8 Å². The third-order valence-corrected chi connectivity index (χ3v) is 8.73. The number of benzene rings is 2. The number of aliphatic imine (C=N–C) groups is 1. The third kappa shape index (κ3) is 6.24. The van der Waals surface area contributed by atoms with Crippen molar-refractivity contribution >= 4 is 82.1 Å². The molecule has 42 heavy (non-hydrogen) atoms. The van der Waals surface area contributed by atoms with E-state index in [2.05, 4.69) is 10.3 Å². The van der Waals surface area contributed by atoms with Crippen LogP contribution in [0.25, 0.3) is 10.8 Å². The van der Waals surface area contributed by atoms with Crippen molar-refractivity contribution in [3.8, 4) is 0 Å². The van der Waals surface area contributed by atoms with Crippen LogP contribution < -0.4 is 5.32 Å². The van der Waals surface area contributed by atoms with Gasteiger partial charge in [-0.15, -0.1) is 0 Å². The molecule has 0 saturated heterocycles. The Bertz CT molecular complexity index is 1970. The van der Waals surface area contributed by atoms with Crippen molar-refractivity contribution in [1.29, 1.82) is 0 Å². The van der Waals surface area contributed by atoms with Crippen molar-refractivity contribution in [2.24, 2.45) is 4.99 Å². The molecular weight excluding hydrogens is 633 g/mol. The summed E-state index contributed by atoms with van der Waals surface area (Å²) in [7, 11) is -13.1. The quantitative estimate of drug-likeness (QED) is 0.136. The standard InChI is InChI=1S/C22H21N3O13S3.Na/c1-10-6-14(20-21(23-10)16(37-2)9-15(25(26)27)22(20)38-3)24-13-4-5-17(40(31,32)33)12-7-11(39(28,29)30)8-18(19(12)13)41(34,35)36;/h4-10,15,24H,1-3H3,(H,28,29,30)(H,31,32,33)(H,34,35,36);. The molecule has 2 unspecified atom stereocenters. The van der Waals surface area contributed by atoms with E-state index >= 15 is 0 Å². The predicted molar refractivity (Wildman–Crippen MR) is 148 cm³/mol. The Balaban J connectivity index is 0.00000484. The van der Waals surface area contributed by atoms with E-state index < -0.39 is 72.8 Å². The minimum Gasteiger partial charge on any atom is -0.495 e. The fourth-order valence-electron chi connectivity index (χ4n) is 4.51. The minimum absolute atomic E-state index is 0. The van der Waals surface area contributed by atoms with Crippen molar-refractivity contribution in [2.75, 3.05) is 19.5 Å². The Labute approximate surface area is 261 Å². The number of rotatable bonds is 8. The van der Waals surface area contributed by atoms with Crippen molar-refractivity contribution in [1.82, 2.24) is 0 Å². The number of ether oxygens (including phenoxy) is 2. The van der Waals surface area contributed by atoms with E-state index in [1.165, 1.54) is 26.4 Å². The van der Waals surface area contributed by atoms with Crippen LogP contribution in [-0.4, -0.2) is 105 Å². The fourth-order valence-corrected chi connectivity index (χ4v) is 6.55. The first-order chi connectivity index (χ1) is 18.9. The molecule has 1 aliphatic carbocycles. The van der Waals surface area contributed by atoms with Crippen molar-refractivity contribution in [3.05, 3.63) is 69.3 Å². The van der Waals surface area contributed by atoms with Gasteiger partial charge in [-0.05, 0) is 37.3 Å². The maximum absolute atomic E-state index is 12.4. The molecule has 2 atom stereocenters. The summed E-state index contributed by atoms with van der Waals surface area (Å²) in [5, 5.41) is 13.4. The molecule has 0 saturated carbocycles. The maximum Gasteiger partial charge on any atom is 0.295 e. The summed E-state index contributed by atoms with van der Waals surface area (Å²) in [6.07, 6.45) is 2.66. The van der Waals surface area contributed by atoms with Gasteiger partial charge in [-0.3, -0.25) is 28.8 Å². The molecule has 2 aliphatic rings. The van der Waals surface area contributed by atoms with E-state index in [0.29, 0.717) is 12.1 Å². The van der Waals surface area contributed by atoms with Crippen LogP contribution in [0.4, 0.5) is 5.69 Å². The van der Waals surface area contributed by atoms with Crippen LogP contribution in [0.3, 0.4) is 0 Å². The number of nitrogens with zero attached hydrogens (tertiary/aromatic N) is 2. The van der Waals surface area contributed by atoms with Gasteiger partial charge in [-0.1, -0.05) is 0 Å². The van der Waals surface area contributed by atoms with E-state index in [4.69, 9.17) is 9.47 Å². The van der Waals surface area contributed by atoms with Gasteiger partial charge in [0, 0.05) is 62.7 Å². The van der Waals surface area contributed by atoms with Crippen LogP contribution in [0.15, 0.2) is 78.9 Å². The smallest absolute Gasteiger partial charge is 0.295 e. The second-order valence-corrected chi connectivity index (χ2v) is 12.9. The summed E-state index contributed by atoms with van der Waals surface area (Å²) in [4.78, 5) is 12.4. The van der Waals surface area contributed by atoms with E-state index in [9.17, 15) is 49.0 Å². The Morgan fingerprint density at radius 2 is 1.55 bits per heavy atom. The first kappa shape index (κ1) is 33.6. The predicted octanol–water partition coefficient (Wildman–Crippen LogP) is 1.43. The normalized spacial score (nSPS) is 19.1. The van der Waals surface area contributed by atoms with Crippen molar-refractivity contribution < 1.29 is 53.3 Å². The summed E-state index contributed by atoms with van der Waals surface area (Å²) < 4.78 is 113.